The summed E-state index contributed by atoms with van der Waals surface area (Å²) in [5.41, 5.74) is 8.31. The third-order valence-corrected chi connectivity index (χ3v) is 3.54. The summed E-state index contributed by atoms with van der Waals surface area (Å²) >= 11 is 0. The van der Waals surface area contributed by atoms with Crippen molar-refractivity contribution in [2.45, 2.75) is 13.0 Å². The van der Waals surface area contributed by atoms with Gasteiger partial charge in [0.2, 0.25) is 5.91 Å². The van der Waals surface area contributed by atoms with Crippen molar-refractivity contribution in [1.82, 2.24) is 10.2 Å². The number of benzene rings is 2. The number of hydrogen-bond donors (Lipinski definition) is 2. The highest BCUT2D eigenvalue weighted by Crippen LogP contribution is 2.13. The number of nitrogens with one attached hydrogen (secondary N) is 1. The molecule has 0 aromatic heterocycles. The van der Waals surface area contributed by atoms with Crippen LogP contribution in [0, 0.1) is 0 Å². The molecule has 0 radical (unpaired) electrons. The summed E-state index contributed by atoms with van der Waals surface area (Å²) in [6.07, 6.45) is 0.347. The van der Waals surface area contributed by atoms with Crippen LogP contribution in [-0.2, 0) is 17.8 Å². The number of ether oxygens (including phenoxy) is 1. The number of nitrogens with zero attached hydrogens (tertiary/aromatic N) is 1. The first kappa shape index (κ1) is 17.8. The van der Waals surface area contributed by atoms with Crippen LogP contribution < -0.4 is 15.8 Å². The molecule has 2 aromatic carbocycles. The lowest BCUT2D eigenvalue weighted by Crippen LogP contribution is -2.24. The summed E-state index contributed by atoms with van der Waals surface area (Å²) in [4.78, 5) is 14.1. The Morgan fingerprint density at radius 2 is 1.88 bits per heavy atom. The minimum Gasteiger partial charge on any atom is -0.492 e. The standard InChI is InChI=1S/C19H25N3O2/c1-22(2)10-11-24-18-5-3-4-16(12-18)14-21-19(23)13-15-6-8-17(20)9-7-15/h3-9,12H,10-11,13-14,20H2,1-2H3,(H,21,23). The largest absolute Gasteiger partial charge is 0.492 e. The van der Waals surface area contributed by atoms with Crippen molar-refractivity contribution in [3.05, 3.63) is 59.7 Å². The second kappa shape index (κ2) is 8.93. The zero-order valence-electron chi connectivity index (χ0n) is 14.3. The summed E-state index contributed by atoms with van der Waals surface area (Å²) in [5, 5.41) is 2.93. The fourth-order valence-electron chi connectivity index (χ4n) is 2.18. The molecule has 1 amide bonds. The highest BCUT2D eigenvalue weighted by atomic mass is 16.5. The monoisotopic (exact) mass is 327 g/mol. The number of likely N-dealkylation sites (N-methyl/N-ethyl adjacent to an activating group) is 1. The van der Waals surface area contributed by atoms with Crippen LogP contribution in [0.4, 0.5) is 5.69 Å². The van der Waals surface area contributed by atoms with Crippen molar-refractivity contribution in [1.29, 1.82) is 0 Å². The highest BCUT2D eigenvalue weighted by molar-refractivity contribution is 5.78. The molecule has 0 saturated heterocycles. The SMILES string of the molecule is CN(C)CCOc1cccc(CNC(=O)Cc2ccc(N)cc2)c1. The summed E-state index contributed by atoms with van der Waals surface area (Å²) in [6, 6.07) is 15.1. The van der Waals surface area contributed by atoms with Gasteiger partial charge in [0.25, 0.3) is 0 Å². The number of nitrogens with two attached hydrogens (primary N) is 1. The van der Waals surface area contributed by atoms with Crippen molar-refractivity contribution in [3.63, 3.8) is 0 Å². The molecule has 0 aliphatic carbocycles. The molecule has 24 heavy (non-hydrogen) atoms. The minimum atomic E-state index is -0.0151. The molecule has 3 N–H and O–H groups in total. The predicted molar refractivity (Wildman–Crippen MR) is 96.9 cm³/mol. The number of rotatable bonds is 8. The maximum absolute atomic E-state index is 12.0. The van der Waals surface area contributed by atoms with Crippen LogP contribution >= 0.6 is 0 Å². The molecule has 0 bridgehead atoms. The molecular formula is C19H25N3O2. The van der Waals surface area contributed by atoms with Crippen molar-refractivity contribution in [2.75, 3.05) is 33.0 Å². The number of anilines is 1. The van der Waals surface area contributed by atoms with E-state index >= 15 is 0 Å². The second-order valence-electron chi connectivity index (χ2n) is 5.99. The molecule has 0 heterocycles. The molecule has 2 aromatic rings. The van der Waals surface area contributed by atoms with Gasteiger partial charge in [-0.2, -0.15) is 0 Å². The van der Waals surface area contributed by atoms with Gasteiger partial charge < -0.3 is 20.7 Å². The van der Waals surface area contributed by atoms with Gasteiger partial charge in [-0.05, 0) is 49.5 Å². The van der Waals surface area contributed by atoms with Crippen LogP contribution in [0.15, 0.2) is 48.5 Å². The van der Waals surface area contributed by atoms with E-state index in [4.69, 9.17) is 10.5 Å². The molecule has 0 atom stereocenters. The lowest BCUT2D eigenvalue weighted by molar-refractivity contribution is -0.120. The number of hydrogen-bond acceptors (Lipinski definition) is 4. The van der Waals surface area contributed by atoms with Crippen molar-refractivity contribution >= 4 is 11.6 Å². The Hall–Kier alpha value is -2.53. The summed E-state index contributed by atoms with van der Waals surface area (Å²) in [5.74, 6) is 0.806. The Balaban J connectivity index is 1.80. The molecule has 2 rings (SSSR count). The van der Waals surface area contributed by atoms with E-state index in [0.717, 1.165) is 23.4 Å². The van der Waals surface area contributed by atoms with Crippen molar-refractivity contribution < 1.29 is 9.53 Å². The Labute approximate surface area is 143 Å². The smallest absolute Gasteiger partial charge is 0.224 e. The van der Waals surface area contributed by atoms with Crippen molar-refractivity contribution in [2.24, 2.45) is 0 Å². The Kier molecular flexibility index (Phi) is 6.63. The summed E-state index contributed by atoms with van der Waals surface area (Å²) in [7, 11) is 4.02. The zero-order valence-corrected chi connectivity index (χ0v) is 14.3. The maximum Gasteiger partial charge on any atom is 0.224 e. The first-order chi connectivity index (χ1) is 11.5. The van der Waals surface area contributed by atoms with E-state index in [0.29, 0.717) is 25.3 Å². The molecule has 0 aliphatic rings. The predicted octanol–water partition coefficient (Wildman–Crippen LogP) is 2.07. The van der Waals surface area contributed by atoms with Crippen LogP contribution in [0.2, 0.25) is 0 Å². The van der Waals surface area contributed by atoms with Gasteiger partial charge in [-0.1, -0.05) is 24.3 Å². The Bertz CT molecular complexity index is 654. The number of carbonyl (C=O) groups is 1. The van der Waals surface area contributed by atoms with E-state index in [-0.39, 0.29) is 5.91 Å². The molecule has 0 saturated carbocycles. The molecule has 5 nitrogen and oxygen atoms in total. The lowest BCUT2D eigenvalue weighted by atomic mass is 10.1. The van der Waals surface area contributed by atoms with E-state index < -0.39 is 0 Å². The van der Waals surface area contributed by atoms with E-state index in [2.05, 4.69) is 10.2 Å². The normalized spacial score (nSPS) is 10.6. The van der Waals surface area contributed by atoms with Crippen LogP contribution in [0.3, 0.4) is 0 Å². The number of amides is 1. The Morgan fingerprint density at radius 3 is 2.58 bits per heavy atom. The van der Waals surface area contributed by atoms with E-state index in [1.165, 1.54) is 0 Å². The quantitative estimate of drug-likeness (QED) is 0.728. The van der Waals surface area contributed by atoms with Gasteiger partial charge in [0.1, 0.15) is 12.4 Å². The minimum absolute atomic E-state index is 0.0151. The average molecular weight is 327 g/mol. The third-order valence-electron chi connectivity index (χ3n) is 3.54. The molecular weight excluding hydrogens is 302 g/mol. The maximum atomic E-state index is 12.0. The van der Waals surface area contributed by atoms with Gasteiger partial charge >= 0.3 is 0 Å². The van der Waals surface area contributed by atoms with Crippen LogP contribution in [0.25, 0.3) is 0 Å². The first-order valence-electron chi connectivity index (χ1n) is 8.00. The molecule has 0 fully saturated rings. The average Bonchev–Trinajstić information content (AvgIpc) is 2.55. The zero-order chi connectivity index (χ0) is 17.4. The second-order valence-corrected chi connectivity index (χ2v) is 5.99. The van der Waals surface area contributed by atoms with Crippen LogP contribution in [0.1, 0.15) is 11.1 Å². The van der Waals surface area contributed by atoms with Gasteiger partial charge in [0.05, 0.1) is 6.42 Å². The highest BCUT2D eigenvalue weighted by Gasteiger charge is 2.04. The fraction of sp³-hybridized carbons (Fsp3) is 0.316. The van der Waals surface area contributed by atoms with Gasteiger partial charge in [0, 0.05) is 18.8 Å². The van der Waals surface area contributed by atoms with Crippen LogP contribution in [-0.4, -0.2) is 38.1 Å². The van der Waals surface area contributed by atoms with Gasteiger partial charge in [-0.3, -0.25) is 4.79 Å². The summed E-state index contributed by atoms with van der Waals surface area (Å²) in [6.45, 7) is 1.99. The molecule has 128 valence electrons. The summed E-state index contributed by atoms with van der Waals surface area (Å²) < 4.78 is 5.70. The van der Waals surface area contributed by atoms with E-state index in [9.17, 15) is 4.79 Å². The van der Waals surface area contributed by atoms with Gasteiger partial charge in [0.15, 0.2) is 0 Å². The lowest BCUT2D eigenvalue weighted by Gasteiger charge is -2.12. The van der Waals surface area contributed by atoms with Crippen molar-refractivity contribution in [3.8, 4) is 5.75 Å². The number of carbonyl (C=O) groups excluding carboxylic acids is 1. The molecule has 0 aliphatic heterocycles. The molecule has 0 spiro atoms. The Morgan fingerprint density at radius 1 is 1.12 bits per heavy atom. The van der Waals surface area contributed by atoms with E-state index in [1.54, 1.807) is 12.1 Å². The molecule has 5 heteroatoms. The fourth-order valence-corrected chi connectivity index (χ4v) is 2.18. The van der Waals surface area contributed by atoms with Gasteiger partial charge in [-0.15, -0.1) is 0 Å². The topological polar surface area (TPSA) is 67.6 Å². The number of nitrogen functional groups attached to an aromatic ring is 1. The van der Waals surface area contributed by atoms with Crippen LogP contribution in [0.5, 0.6) is 5.75 Å². The van der Waals surface area contributed by atoms with E-state index in [1.807, 2.05) is 50.5 Å². The third kappa shape index (κ3) is 6.30. The first-order valence-corrected chi connectivity index (χ1v) is 8.00. The van der Waals surface area contributed by atoms with Gasteiger partial charge in [-0.25, -0.2) is 0 Å². The molecule has 0 unspecified atom stereocenters.